The van der Waals surface area contributed by atoms with E-state index in [4.69, 9.17) is 13.9 Å². The number of methoxy groups -OCH3 is 1. The van der Waals surface area contributed by atoms with E-state index in [0.29, 0.717) is 40.5 Å². The molecular weight excluding hydrogens is 424 g/mol. The lowest BCUT2D eigenvalue weighted by Crippen LogP contribution is -2.31. The summed E-state index contributed by atoms with van der Waals surface area (Å²) < 4.78 is 16.0. The Hall–Kier alpha value is -4.07. The number of nitrogens with one attached hydrogen (secondary N) is 1. The molecule has 0 bridgehead atoms. The van der Waals surface area contributed by atoms with Crippen molar-refractivity contribution in [1.29, 1.82) is 0 Å². The van der Waals surface area contributed by atoms with E-state index >= 15 is 0 Å². The number of esters is 1. The largest absolute Gasteiger partial charge is 0.480 e. The highest BCUT2D eigenvalue weighted by Gasteiger charge is 2.29. The minimum atomic E-state index is -0.615. The number of para-hydroxylation sites is 1. The minimum absolute atomic E-state index is 0.168. The summed E-state index contributed by atoms with van der Waals surface area (Å²) in [5.74, 6) is 0.584. The molecule has 2 amide bonds. The number of aryl methyl sites for hydroxylation is 1. The van der Waals surface area contributed by atoms with Gasteiger partial charge in [0.2, 0.25) is 0 Å². The van der Waals surface area contributed by atoms with Crippen LogP contribution >= 0.6 is 0 Å². The fourth-order valence-electron chi connectivity index (χ4n) is 3.74. The molecule has 1 aromatic heterocycles. The second-order valence-corrected chi connectivity index (χ2v) is 7.82. The highest BCUT2D eigenvalue weighted by atomic mass is 16.5. The lowest BCUT2D eigenvalue weighted by molar-refractivity contribution is -0.122. The van der Waals surface area contributed by atoms with Crippen LogP contribution in [0.25, 0.3) is 0 Å². The molecule has 1 atom stereocenters. The number of benzene rings is 2. The molecule has 2 aromatic carbocycles. The summed E-state index contributed by atoms with van der Waals surface area (Å²) in [6.07, 6.45) is -0.116. The Morgan fingerprint density at radius 3 is 2.67 bits per heavy atom. The fourth-order valence-corrected chi connectivity index (χ4v) is 3.74. The Morgan fingerprint density at radius 2 is 1.91 bits per heavy atom. The molecule has 8 heteroatoms. The van der Waals surface area contributed by atoms with Gasteiger partial charge in [-0.15, -0.1) is 0 Å². The molecule has 1 unspecified atom stereocenters. The molecule has 4 rings (SSSR count). The highest BCUT2D eigenvalue weighted by molar-refractivity contribution is 5.98. The van der Waals surface area contributed by atoms with E-state index in [2.05, 4.69) is 5.32 Å². The first-order valence-electron chi connectivity index (χ1n) is 10.4. The van der Waals surface area contributed by atoms with Gasteiger partial charge in [-0.25, -0.2) is 4.79 Å². The number of ether oxygens (including phenoxy) is 2. The fraction of sp³-hybridized carbons (Fsp3) is 0.240. The van der Waals surface area contributed by atoms with E-state index in [1.807, 2.05) is 24.3 Å². The first-order chi connectivity index (χ1) is 15.9. The first-order valence-corrected chi connectivity index (χ1v) is 10.4. The summed E-state index contributed by atoms with van der Waals surface area (Å²) in [7, 11) is 2.93. The van der Waals surface area contributed by atoms with E-state index in [-0.39, 0.29) is 18.4 Å². The molecule has 1 aliphatic heterocycles. The topological polar surface area (TPSA) is 98.1 Å². The number of nitrogens with zero attached hydrogens (tertiary/aromatic N) is 1. The summed E-state index contributed by atoms with van der Waals surface area (Å²) in [4.78, 5) is 38.8. The van der Waals surface area contributed by atoms with Crippen LogP contribution in [0.4, 0.5) is 5.69 Å². The SMILES string of the molecule is COC(=O)c1cc(CN(C)C(=O)c2cccc(NC(=O)C3Cc4ccccc4O3)c2)oc1C. The average Bonchev–Trinajstić information content (AvgIpc) is 3.41. The first kappa shape index (κ1) is 22.1. The van der Waals surface area contributed by atoms with Gasteiger partial charge in [0.05, 0.1) is 13.7 Å². The zero-order chi connectivity index (χ0) is 23.5. The maximum Gasteiger partial charge on any atom is 0.341 e. The Labute approximate surface area is 191 Å². The van der Waals surface area contributed by atoms with E-state index in [1.54, 1.807) is 44.3 Å². The molecule has 0 saturated carbocycles. The van der Waals surface area contributed by atoms with Crippen LogP contribution in [-0.2, 0) is 22.5 Å². The van der Waals surface area contributed by atoms with Crippen molar-refractivity contribution in [2.75, 3.05) is 19.5 Å². The van der Waals surface area contributed by atoms with Crippen molar-refractivity contribution in [3.8, 4) is 5.75 Å². The third-order valence-electron chi connectivity index (χ3n) is 5.43. The van der Waals surface area contributed by atoms with Gasteiger partial charge in [-0.2, -0.15) is 0 Å². The lowest BCUT2D eigenvalue weighted by atomic mass is 10.1. The second-order valence-electron chi connectivity index (χ2n) is 7.82. The summed E-state index contributed by atoms with van der Waals surface area (Å²) in [5, 5.41) is 2.83. The number of furan rings is 1. The molecule has 33 heavy (non-hydrogen) atoms. The standard InChI is InChI=1S/C25H24N2O6/c1-15-20(25(30)31-3)13-19(32-15)14-27(2)24(29)17-8-6-9-18(11-17)26-23(28)22-12-16-7-4-5-10-21(16)33-22/h4-11,13,22H,12,14H2,1-3H3,(H,26,28). The van der Waals surface area contributed by atoms with Crippen molar-refractivity contribution >= 4 is 23.5 Å². The molecule has 0 saturated heterocycles. The second kappa shape index (κ2) is 9.20. The van der Waals surface area contributed by atoms with Gasteiger partial charge in [0, 0.05) is 24.7 Å². The molecule has 3 aromatic rings. The molecule has 2 heterocycles. The number of rotatable bonds is 6. The Kier molecular flexibility index (Phi) is 6.17. The summed E-state index contributed by atoms with van der Waals surface area (Å²) in [5.41, 5.74) is 2.23. The van der Waals surface area contributed by atoms with Crippen molar-refractivity contribution < 1.29 is 28.3 Å². The molecular formula is C25H24N2O6. The predicted molar refractivity (Wildman–Crippen MR) is 120 cm³/mol. The molecule has 0 spiro atoms. The van der Waals surface area contributed by atoms with Gasteiger partial charge >= 0.3 is 5.97 Å². The third-order valence-corrected chi connectivity index (χ3v) is 5.43. The minimum Gasteiger partial charge on any atom is -0.480 e. The molecule has 0 fully saturated rings. The Morgan fingerprint density at radius 1 is 1.12 bits per heavy atom. The Bertz CT molecular complexity index is 1190. The molecule has 1 aliphatic rings. The van der Waals surface area contributed by atoms with Crippen LogP contribution in [0.2, 0.25) is 0 Å². The number of hydrogen-bond donors (Lipinski definition) is 1. The maximum absolute atomic E-state index is 12.9. The van der Waals surface area contributed by atoms with Crippen LogP contribution < -0.4 is 10.1 Å². The zero-order valence-corrected chi connectivity index (χ0v) is 18.6. The van der Waals surface area contributed by atoms with Crippen LogP contribution in [0, 0.1) is 6.92 Å². The zero-order valence-electron chi connectivity index (χ0n) is 18.6. The summed E-state index contributed by atoms with van der Waals surface area (Å²) in [6.45, 7) is 1.83. The number of amides is 2. The van der Waals surface area contributed by atoms with Gasteiger partial charge in [-0.3, -0.25) is 9.59 Å². The van der Waals surface area contributed by atoms with Crippen molar-refractivity contribution in [2.45, 2.75) is 26.0 Å². The van der Waals surface area contributed by atoms with Crippen LogP contribution in [0.3, 0.4) is 0 Å². The maximum atomic E-state index is 12.9. The van der Waals surface area contributed by atoms with Gasteiger partial charge in [-0.1, -0.05) is 24.3 Å². The molecule has 0 radical (unpaired) electrons. The van der Waals surface area contributed by atoms with Crippen LogP contribution in [0.5, 0.6) is 5.75 Å². The van der Waals surface area contributed by atoms with Crippen LogP contribution in [-0.4, -0.2) is 42.9 Å². The number of anilines is 1. The van der Waals surface area contributed by atoms with Gasteiger partial charge in [-0.05, 0) is 42.8 Å². The van der Waals surface area contributed by atoms with E-state index < -0.39 is 12.1 Å². The number of hydrogen-bond acceptors (Lipinski definition) is 6. The van der Waals surface area contributed by atoms with Gasteiger partial charge in [0.1, 0.15) is 22.8 Å². The average molecular weight is 448 g/mol. The summed E-state index contributed by atoms with van der Waals surface area (Å²) >= 11 is 0. The molecule has 1 N–H and O–H groups in total. The van der Waals surface area contributed by atoms with E-state index in [1.165, 1.54) is 12.0 Å². The van der Waals surface area contributed by atoms with Crippen molar-refractivity contribution in [3.05, 3.63) is 82.8 Å². The van der Waals surface area contributed by atoms with Gasteiger partial charge in [0.15, 0.2) is 6.10 Å². The molecule has 170 valence electrons. The smallest absolute Gasteiger partial charge is 0.341 e. The monoisotopic (exact) mass is 448 g/mol. The quantitative estimate of drug-likeness (QED) is 0.579. The van der Waals surface area contributed by atoms with E-state index in [9.17, 15) is 14.4 Å². The van der Waals surface area contributed by atoms with Crippen molar-refractivity contribution in [1.82, 2.24) is 4.90 Å². The number of carbonyl (C=O) groups is 3. The Balaban J connectivity index is 1.40. The summed E-state index contributed by atoms with van der Waals surface area (Å²) in [6, 6.07) is 15.8. The molecule has 8 nitrogen and oxygen atoms in total. The van der Waals surface area contributed by atoms with Crippen LogP contribution in [0.1, 0.15) is 37.8 Å². The normalized spacial score (nSPS) is 14.2. The lowest BCUT2D eigenvalue weighted by Gasteiger charge is -2.17. The van der Waals surface area contributed by atoms with Crippen molar-refractivity contribution in [3.63, 3.8) is 0 Å². The van der Waals surface area contributed by atoms with E-state index in [0.717, 1.165) is 5.56 Å². The number of fused-ring (bicyclic) bond motifs is 1. The number of carbonyl (C=O) groups excluding carboxylic acids is 3. The molecule has 0 aliphatic carbocycles. The third kappa shape index (κ3) is 4.74. The van der Waals surface area contributed by atoms with Crippen molar-refractivity contribution in [2.24, 2.45) is 0 Å². The van der Waals surface area contributed by atoms with Crippen LogP contribution in [0.15, 0.2) is 59.0 Å². The van der Waals surface area contributed by atoms with Gasteiger partial charge < -0.3 is 24.1 Å². The van der Waals surface area contributed by atoms with Gasteiger partial charge in [0.25, 0.3) is 11.8 Å². The predicted octanol–water partition coefficient (Wildman–Crippen LogP) is 3.59. The highest BCUT2D eigenvalue weighted by Crippen LogP contribution is 2.28.